The van der Waals surface area contributed by atoms with Crippen molar-refractivity contribution in [3.05, 3.63) is 28.3 Å². The summed E-state index contributed by atoms with van der Waals surface area (Å²) in [5.74, 6) is 5.02. The van der Waals surface area contributed by atoms with E-state index in [1.165, 1.54) is 0 Å². The monoisotopic (exact) mass is 232 g/mol. The lowest BCUT2D eigenvalue weighted by atomic mass is 10.3. The van der Waals surface area contributed by atoms with Crippen LogP contribution in [0.25, 0.3) is 0 Å². The Morgan fingerprint density at radius 3 is 2.40 bits per heavy atom. The molecule has 0 atom stereocenters. The van der Waals surface area contributed by atoms with Crippen molar-refractivity contribution in [1.82, 2.24) is 0 Å². The summed E-state index contributed by atoms with van der Waals surface area (Å²) >= 11 is 0. The molecule has 0 spiro atoms. The molecule has 82 valence electrons. The minimum Gasteiger partial charge on any atom is -0.323 e. The Bertz CT molecular complexity index is 498. The van der Waals surface area contributed by atoms with Crippen molar-refractivity contribution in [2.45, 2.75) is 4.90 Å². The molecular formula is C6H8N4O4S. The maximum absolute atomic E-state index is 11.0. The van der Waals surface area contributed by atoms with Crippen molar-refractivity contribution < 1.29 is 13.3 Å². The van der Waals surface area contributed by atoms with Gasteiger partial charge in [-0.2, -0.15) is 0 Å². The standard InChI is InChI=1S/C6H8N4O4S/c7-9-5-3-4(10(11)12)1-2-6(5)15(8,13)14/h1-3,9H,7H2,(H2,8,13,14). The summed E-state index contributed by atoms with van der Waals surface area (Å²) in [6, 6.07) is 3.03. The van der Waals surface area contributed by atoms with Gasteiger partial charge in [-0.1, -0.05) is 0 Å². The Morgan fingerprint density at radius 2 is 2.00 bits per heavy atom. The number of nitrogens with two attached hydrogens (primary N) is 2. The van der Waals surface area contributed by atoms with Crippen LogP contribution < -0.4 is 16.4 Å². The summed E-state index contributed by atoms with van der Waals surface area (Å²) in [4.78, 5) is 9.42. The average Bonchev–Trinajstić information content (AvgIpc) is 2.15. The highest BCUT2D eigenvalue weighted by atomic mass is 32.2. The van der Waals surface area contributed by atoms with Gasteiger partial charge in [-0.3, -0.25) is 16.0 Å². The molecule has 0 aliphatic carbocycles. The number of nitro benzene ring substituents is 1. The quantitative estimate of drug-likeness (QED) is 0.365. The lowest BCUT2D eigenvalue weighted by Crippen LogP contribution is -2.17. The molecule has 8 nitrogen and oxygen atoms in total. The first-order chi connectivity index (χ1) is 6.86. The Kier molecular flexibility index (Phi) is 2.88. The van der Waals surface area contributed by atoms with Gasteiger partial charge in [0, 0.05) is 12.1 Å². The molecule has 0 aliphatic rings. The number of nitrogens with zero attached hydrogens (tertiary/aromatic N) is 1. The molecule has 1 aromatic carbocycles. The molecule has 0 heterocycles. The van der Waals surface area contributed by atoms with Crippen LogP contribution in [0.3, 0.4) is 0 Å². The predicted octanol–water partition coefficient (Wildman–Crippen LogP) is -0.472. The predicted molar refractivity (Wildman–Crippen MR) is 52.3 cm³/mol. The van der Waals surface area contributed by atoms with Crippen LogP contribution >= 0.6 is 0 Å². The van der Waals surface area contributed by atoms with Crippen molar-refractivity contribution in [3.63, 3.8) is 0 Å². The third kappa shape index (κ3) is 2.40. The third-order valence-corrected chi connectivity index (χ3v) is 2.61. The van der Waals surface area contributed by atoms with E-state index < -0.39 is 14.9 Å². The summed E-state index contributed by atoms with van der Waals surface area (Å²) in [5.41, 5.74) is 1.63. The first kappa shape index (κ1) is 11.4. The van der Waals surface area contributed by atoms with E-state index in [0.717, 1.165) is 18.2 Å². The van der Waals surface area contributed by atoms with Crippen LogP contribution in [0.2, 0.25) is 0 Å². The van der Waals surface area contributed by atoms with Crippen LogP contribution in [-0.2, 0) is 10.0 Å². The highest BCUT2D eigenvalue weighted by Crippen LogP contribution is 2.24. The average molecular weight is 232 g/mol. The Hall–Kier alpha value is -1.71. The van der Waals surface area contributed by atoms with Crippen LogP contribution in [0.15, 0.2) is 23.1 Å². The van der Waals surface area contributed by atoms with E-state index in [1.807, 2.05) is 5.43 Å². The van der Waals surface area contributed by atoms with Crippen LogP contribution in [0, 0.1) is 10.1 Å². The highest BCUT2D eigenvalue weighted by Gasteiger charge is 2.17. The summed E-state index contributed by atoms with van der Waals surface area (Å²) in [6.45, 7) is 0. The van der Waals surface area contributed by atoms with E-state index >= 15 is 0 Å². The molecular weight excluding hydrogens is 224 g/mol. The van der Waals surface area contributed by atoms with E-state index in [1.54, 1.807) is 0 Å². The molecule has 0 aromatic heterocycles. The zero-order chi connectivity index (χ0) is 11.6. The minimum atomic E-state index is -3.95. The number of benzene rings is 1. The van der Waals surface area contributed by atoms with Gasteiger partial charge in [-0.25, -0.2) is 13.6 Å². The molecule has 0 saturated heterocycles. The third-order valence-electron chi connectivity index (χ3n) is 1.64. The smallest absolute Gasteiger partial charge is 0.271 e. The molecule has 15 heavy (non-hydrogen) atoms. The Labute approximate surface area is 85.0 Å². The molecule has 5 N–H and O–H groups in total. The fraction of sp³-hybridized carbons (Fsp3) is 0. The van der Waals surface area contributed by atoms with Gasteiger partial charge in [0.15, 0.2) is 0 Å². The van der Waals surface area contributed by atoms with Gasteiger partial charge in [0.25, 0.3) is 5.69 Å². The summed E-state index contributed by atoms with van der Waals surface area (Å²) in [7, 11) is -3.95. The number of hydrazine groups is 1. The van der Waals surface area contributed by atoms with E-state index in [9.17, 15) is 18.5 Å². The minimum absolute atomic E-state index is 0.119. The van der Waals surface area contributed by atoms with Crippen LogP contribution in [-0.4, -0.2) is 13.3 Å². The molecule has 9 heteroatoms. The van der Waals surface area contributed by atoms with Crippen molar-refractivity contribution in [1.29, 1.82) is 0 Å². The van der Waals surface area contributed by atoms with Gasteiger partial charge < -0.3 is 5.43 Å². The number of rotatable bonds is 3. The zero-order valence-electron chi connectivity index (χ0n) is 7.38. The number of primary sulfonamides is 1. The first-order valence-electron chi connectivity index (χ1n) is 3.64. The number of nitrogens with one attached hydrogen (secondary N) is 1. The second-order valence-electron chi connectivity index (χ2n) is 2.63. The van der Waals surface area contributed by atoms with Crippen molar-refractivity contribution in [3.8, 4) is 0 Å². The van der Waals surface area contributed by atoms with Gasteiger partial charge in [-0.05, 0) is 6.07 Å². The lowest BCUT2D eigenvalue weighted by Gasteiger charge is -2.05. The highest BCUT2D eigenvalue weighted by molar-refractivity contribution is 7.89. The molecule has 0 unspecified atom stereocenters. The van der Waals surface area contributed by atoms with E-state index in [4.69, 9.17) is 11.0 Å². The van der Waals surface area contributed by atoms with Gasteiger partial charge in [0.1, 0.15) is 4.90 Å². The zero-order valence-corrected chi connectivity index (χ0v) is 8.19. The molecule has 1 aromatic rings. The van der Waals surface area contributed by atoms with E-state index in [-0.39, 0.29) is 16.3 Å². The van der Waals surface area contributed by atoms with Gasteiger partial charge in [0.2, 0.25) is 10.0 Å². The van der Waals surface area contributed by atoms with Gasteiger partial charge >= 0.3 is 0 Å². The largest absolute Gasteiger partial charge is 0.323 e. The molecule has 1 rings (SSSR count). The number of non-ortho nitro benzene ring substituents is 1. The van der Waals surface area contributed by atoms with Gasteiger partial charge in [-0.15, -0.1) is 0 Å². The number of nitrogen functional groups attached to an aromatic ring is 1. The van der Waals surface area contributed by atoms with Gasteiger partial charge in [0.05, 0.1) is 10.6 Å². The number of sulfonamides is 1. The molecule has 0 fully saturated rings. The maximum atomic E-state index is 11.0. The maximum Gasteiger partial charge on any atom is 0.271 e. The summed E-state index contributed by atoms with van der Waals surface area (Å²) in [5, 5.41) is 15.3. The number of nitro groups is 1. The van der Waals surface area contributed by atoms with Crippen LogP contribution in [0.5, 0.6) is 0 Å². The molecule has 0 amide bonds. The van der Waals surface area contributed by atoms with Crippen molar-refractivity contribution in [2.24, 2.45) is 11.0 Å². The molecule has 0 radical (unpaired) electrons. The van der Waals surface area contributed by atoms with Crippen LogP contribution in [0.4, 0.5) is 11.4 Å². The number of hydrogen-bond acceptors (Lipinski definition) is 6. The number of anilines is 1. The molecule has 0 aliphatic heterocycles. The fourth-order valence-electron chi connectivity index (χ4n) is 0.992. The van der Waals surface area contributed by atoms with E-state index in [0.29, 0.717) is 0 Å². The second kappa shape index (κ2) is 3.81. The fourth-order valence-corrected chi connectivity index (χ4v) is 1.67. The SMILES string of the molecule is NNc1cc([N+](=O)[O-])ccc1S(N)(=O)=O. The summed E-state index contributed by atoms with van der Waals surface area (Å²) in [6.07, 6.45) is 0. The van der Waals surface area contributed by atoms with Crippen molar-refractivity contribution >= 4 is 21.4 Å². The second-order valence-corrected chi connectivity index (χ2v) is 4.16. The lowest BCUT2D eigenvalue weighted by molar-refractivity contribution is -0.384. The topological polar surface area (TPSA) is 141 Å². The van der Waals surface area contributed by atoms with Crippen molar-refractivity contribution in [2.75, 3.05) is 5.43 Å². The molecule has 0 bridgehead atoms. The Balaban J connectivity index is 3.40. The Morgan fingerprint density at radius 1 is 1.40 bits per heavy atom. The summed E-state index contributed by atoms with van der Waals surface area (Å²) < 4.78 is 22.0. The number of hydrogen-bond donors (Lipinski definition) is 3. The van der Waals surface area contributed by atoms with Crippen LogP contribution in [0.1, 0.15) is 0 Å². The van der Waals surface area contributed by atoms with E-state index in [2.05, 4.69) is 0 Å². The normalized spacial score (nSPS) is 11.1. The first-order valence-corrected chi connectivity index (χ1v) is 5.18. The molecule has 0 saturated carbocycles.